The van der Waals surface area contributed by atoms with Crippen LogP contribution in [0.2, 0.25) is 0 Å². The van der Waals surface area contributed by atoms with Gasteiger partial charge in [-0.2, -0.15) is 0 Å². The summed E-state index contributed by atoms with van der Waals surface area (Å²) in [6.07, 6.45) is 6.77. The van der Waals surface area contributed by atoms with Crippen LogP contribution >= 0.6 is 0 Å². The van der Waals surface area contributed by atoms with Crippen molar-refractivity contribution in [3.05, 3.63) is 35.4 Å². The molecule has 1 aromatic rings. The highest BCUT2D eigenvalue weighted by Crippen LogP contribution is 2.10. The van der Waals surface area contributed by atoms with Gasteiger partial charge in [-0.15, -0.1) is 0 Å². The molecular weight excluding hydrogens is 290 g/mol. The molecule has 0 bridgehead atoms. The second kappa shape index (κ2) is 11.9. The van der Waals surface area contributed by atoms with Crippen LogP contribution in [0.1, 0.15) is 63.5 Å². The number of aryl methyl sites for hydroxylation is 1. The molecule has 0 heterocycles. The van der Waals surface area contributed by atoms with E-state index in [4.69, 9.17) is 4.74 Å². The molecule has 23 heavy (non-hydrogen) atoms. The van der Waals surface area contributed by atoms with Crippen molar-refractivity contribution in [2.75, 3.05) is 6.54 Å². The summed E-state index contributed by atoms with van der Waals surface area (Å²) in [4.78, 5) is 11.6. The van der Waals surface area contributed by atoms with Gasteiger partial charge in [0.1, 0.15) is 6.61 Å². The van der Waals surface area contributed by atoms with E-state index in [0.29, 0.717) is 6.42 Å². The van der Waals surface area contributed by atoms with Crippen molar-refractivity contribution < 1.29 is 14.6 Å². The Labute approximate surface area is 140 Å². The van der Waals surface area contributed by atoms with Crippen LogP contribution in [0.15, 0.2) is 24.3 Å². The number of aliphatic hydroxyl groups excluding tert-OH is 1. The molecule has 1 atom stereocenters. The highest BCUT2D eigenvalue weighted by atomic mass is 16.5. The van der Waals surface area contributed by atoms with Crippen molar-refractivity contribution in [1.29, 1.82) is 0 Å². The number of ether oxygens (including phenoxy) is 1. The summed E-state index contributed by atoms with van der Waals surface area (Å²) < 4.78 is 5.15. The number of rotatable bonds is 11. The van der Waals surface area contributed by atoms with Crippen molar-refractivity contribution in [3.8, 4) is 0 Å². The van der Waals surface area contributed by atoms with E-state index in [1.807, 2.05) is 19.1 Å². The Morgan fingerprint density at radius 3 is 2.43 bits per heavy atom. The van der Waals surface area contributed by atoms with E-state index in [2.05, 4.69) is 24.4 Å². The minimum atomic E-state index is -0.500. The first-order chi connectivity index (χ1) is 11.2. The van der Waals surface area contributed by atoms with Crippen LogP contribution in [-0.4, -0.2) is 23.8 Å². The first-order valence-electron chi connectivity index (χ1n) is 8.82. The Bertz CT molecular complexity index is 431. The number of carbonyl (C=O) groups excluding carboxylic acids is 1. The zero-order valence-corrected chi connectivity index (χ0v) is 14.5. The molecule has 4 heteroatoms. The predicted octanol–water partition coefficient (Wildman–Crippen LogP) is 4.20. The van der Waals surface area contributed by atoms with E-state index in [9.17, 15) is 9.90 Å². The minimum absolute atomic E-state index is 0.239. The summed E-state index contributed by atoms with van der Waals surface area (Å²) in [7, 11) is 0. The first-order valence-corrected chi connectivity index (χ1v) is 8.82. The average Bonchev–Trinajstić information content (AvgIpc) is 2.56. The van der Waals surface area contributed by atoms with Crippen LogP contribution in [0.3, 0.4) is 0 Å². The number of nitrogens with one attached hydrogen (secondary N) is 1. The Balaban J connectivity index is 2.23. The van der Waals surface area contributed by atoms with Crippen LogP contribution in [0.4, 0.5) is 4.79 Å². The fraction of sp³-hybridized carbons (Fsp3) is 0.632. The number of aliphatic hydroxyl groups is 1. The van der Waals surface area contributed by atoms with E-state index in [1.54, 1.807) is 0 Å². The second-order valence-corrected chi connectivity index (χ2v) is 6.03. The summed E-state index contributed by atoms with van der Waals surface area (Å²) in [5, 5.41) is 12.1. The smallest absolute Gasteiger partial charge is 0.407 e. The first kappa shape index (κ1) is 19.5. The average molecular weight is 321 g/mol. The molecule has 0 radical (unpaired) electrons. The van der Waals surface area contributed by atoms with Gasteiger partial charge in [0.25, 0.3) is 0 Å². The Kier molecular flexibility index (Phi) is 10.1. The number of carbonyl (C=O) groups is 1. The lowest BCUT2D eigenvalue weighted by atomic mass is 10.0. The lowest BCUT2D eigenvalue weighted by Crippen LogP contribution is -2.32. The number of hydrogen-bond donors (Lipinski definition) is 2. The number of amides is 1. The molecule has 0 aliphatic rings. The highest BCUT2D eigenvalue weighted by Gasteiger charge is 2.07. The van der Waals surface area contributed by atoms with Gasteiger partial charge in [0, 0.05) is 6.54 Å². The summed E-state index contributed by atoms with van der Waals surface area (Å²) >= 11 is 0. The van der Waals surface area contributed by atoms with Crippen LogP contribution in [0.5, 0.6) is 0 Å². The second-order valence-electron chi connectivity index (χ2n) is 6.03. The SMILES string of the molecule is CCCCCCc1ccc(COC(=O)NCC(O)CCC)cc1. The van der Waals surface area contributed by atoms with Gasteiger partial charge in [-0.05, 0) is 30.4 Å². The predicted molar refractivity (Wildman–Crippen MR) is 93.4 cm³/mol. The molecule has 0 aliphatic heterocycles. The maximum Gasteiger partial charge on any atom is 0.407 e. The maximum absolute atomic E-state index is 11.6. The molecule has 1 unspecified atom stereocenters. The number of hydrogen-bond acceptors (Lipinski definition) is 3. The van der Waals surface area contributed by atoms with Crippen LogP contribution < -0.4 is 5.32 Å². The normalized spacial score (nSPS) is 12.0. The van der Waals surface area contributed by atoms with Crippen LogP contribution in [0, 0.1) is 0 Å². The highest BCUT2D eigenvalue weighted by molar-refractivity contribution is 5.67. The molecule has 1 aromatic carbocycles. The molecule has 0 fully saturated rings. The Morgan fingerprint density at radius 2 is 1.78 bits per heavy atom. The topological polar surface area (TPSA) is 58.6 Å². The zero-order valence-electron chi connectivity index (χ0n) is 14.5. The lowest BCUT2D eigenvalue weighted by molar-refractivity contribution is 0.123. The monoisotopic (exact) mass is 321 g/mol. The van der Waals surface area contributed by atoms with Gasteiger partial charge in [0.15, 0.2) is 0 Å². The third-order valence-corrected chi connectivity index (χ3v) is 3.82. The van der Waals surface area contributed by atoms with Crippen molar-refractivity contribution in [1.82, 2.24) is 5.32 Å². The van der Waals surface area contributed by atoms with E-state index < -0.39 is 12.2 Å². The van der Waals surface area contributed by atoms with Gasteiger partial charge < -0.3 is 15.2 Å². The largest absolute Gasteiger partial charge is 0.445 e. The summed E-state index contributed by atoms with van der Waals surface area (Å²) in [6, 6.07) is 8.23. The van der Waals surface area contributed by atoms with Gasteiger partial charge in [0.05, 0.1) is 6.10 Å². The van der Waals surface area contributed by atoms with E-state index >= 15 is 0 Å². The minimum Gasteiger partial charge on any atom is -0.445 e. The molecule has 1 rings (SSSR count). The maximum atomic E-state index is 11.6. The zero-order chi connectivity index (χ0) is 16.9. The molecule has 0 aliphatic carbocycles. The van der Waals surface area contributed by atoms with Gasteiger partial charge in [-0.1, -0.05) is 63.8 Å². The Hall–Kier alpha value is -1.55. The standard InChI is InChI=1S/C19H31NO3/c1-3-5-6-7-9-16-10-12-17(13-11-16)15-23-19(22)20-14-18(21)8-4-2/h10-13,18,21H,3-9,14-15H2,1-2H3,(H,20,22). The van der Waals surface area contributed by atoms with E-state index in [0.717, 1.165) is 18.4 Å². The third kappa shape index (κ3) is 9.24. The molecule has 0 saturated heterocycles. The molecule has 0 saturated carbocycles. The lowest BCUT2D eigenvalue weighted by Gasteiger charge is -2.11. The Morgan fingerprint density at radius 1 is 1.09 bits per heavy atom. The molecule has 130 valence electrons. The van der Waals surface area contributed by atoms with E-state index in [-0.39, 0.29) is 13.2 Å². The summed E-state index contributed by atoms with van der Waals surface area (Å²) in [5.41, 5.74) is 2.31. The van der Waals surface area contributed by atoms with Gasteiger partial charge >= 0.3 is 6.09 Å². The quantitative estimate of drug-likeness (QED) is 0.601. The van der Waals surface area contributed by atoms with Gasteiger partial charge in [-0.3, -0.25) is 0 Å². The van der Waals surface area contributed by atoms with Crippen molar-refractivity contribution in [2.45, 2.75) is 71.5 Å². The molecular formula is C19H31NO3. The van der Waals surface area contributed by atoms with Gasteiger partial charge in [0.2, 0.25) is 0 Å². The molecule has 4 nitrogen and oxygen atoms in total. The molecule has 0 aromatic heterocycles. The van der Waals surface area contributed by atoms with E-state index in [1.165, 1.54) is 31.2 Å². The van der Waals surface area contributed by atoms with Gasteiger partial charge in [-0.25, -0.2) is 4.79 Å². The number of alkyl carbamates (subject to hydrolysis) is 1. The van der Waals surface area contributed by atoms with Crippen molar-refractivity contribution >= 4 is 6.09 Å². The van der Waals surface area contributed by atoms with Crippen LogP contribution in [0.25, 0.3) is 0 Å². The number of unbranched alkanes of at least 4 members (excludes halogenated alkanes) is 3. The fourth-order valence-electron chi connectivity index (χ4n) is 2.39. The fourth-order valence-corrected chi connectivity index (χ4v) is 2.39. The van der Waals surface area contributed by atoms with Crippen molar-refractivity contribution in [3.63, 3.8) is 0 Å². The van der Waals surface area contributed by atoms with Crippen LogP contribution in [-0.2, 0) is 17.8 Å². The molecule has 1 amide bonds. The van der Waals surface area contributed by atoms with Crippen molar-refractivity contribution in [2.24, 2.45) is 0 Å². The summed E-state index contributed by atoms with van der Waals surface area (Å²) in [6.45, 7) is 4.71. The molecule has 2 N–H and O–H groups in total. The number of benzene rings is 1. The third-order valence-electron chi connectivity index (χ3n) is 3.82. The summed E-state index contributed by atoms with van der Waals surface area (Å²) in [5.74, 6) is 0. The molecule has 0 spiro atoms.